The molecule has 19 heavy (non-hydrogen) atoms. The second-order valence-corrected chi connectivity index (χ2v) is 5.78. The van der Waals surface area contributed by atoms with E-state index in [-0.39, 0.29) is 5.91 Å². The highest BCUT2D eigenvalue weighted by Gasteiger charge is 2.16. The number of thiophene rings is 1. The molecule has 0 aliphatic heterocycles. The minimum Gasteiger partial charge on any atom is -0.399 e. The highest BCUT2D eigenvalue weighted by molar-refractivity contribution is 7.20. The number of amides is 1. The maximum absolute atomic E-state index is 12.5. The van der Waals surface area contributed by atoms with E-state index in [1.54, 1.807) is 11.3 Å². The standard InChI is InChI=1S/C15H20N2OS/c1-3-7-17(8-4-2)15(18)14-10-11-9-12(16)5-6-13(11)19-14/h5-6,9-10H,3-4,7-8,16H2,1-2H3. The van der Waals surface area contributed by atoms with Gasteiger partial charge >= 0.3 is 0 Å². The summed E-state index contributed by atoms with van der Waals surface area (Å²) in [6.45, 7) is 5.84. The van der Waals surface area contributed by atoms with Gasteiger partial charge in [-0.1, -0.05) is 13.8 Å². The van der Waals surface area contributed by atoms with Gasteiger partial charge in [-0.2, -0.15) is 0 Å². The van der Waals surface area contributed by atoms with Gasteiger partial charge in [-0.15, -0.1) is 11.3 Å². The molecule has 3 nitrogen and oxygen atoms in total. The molecule has 2 rings (SSSR count). The van der Waals surface area contributed by atoms with Crippen LogP contribution in [0.1, 0.15) is 36.4 Å². The molecule has 0 atom stereocenters. The highest BCUT2D eigenvalue weighted by Crippen LogP contribution is 2.28. The molecule has 1 heterocycles. The van der Waals surface area contributed by atoms with Gasteiger partial charge in [0.2, 0.25) is 0 Å². The average molecular weight is 276 g/mol. The monoisotopic (exact) mass is 276 g/mol. The number of nitrogen functional groups attached to an aromatic ring is 1. The summed E-state index contributed by atoms with van der Waals surface area (Å²) in [5, 5.41) is 1.06. The van der Waals surface area contributed by atoms with Crippen molar-refractivity contribution in [1.82, 2.24) is 4.90 Å². The molecule has 0 unspecified atom stereocenters. The Kier molecular flexibility index (Phi) is 4.43. The van der Waals surface area contributed by atoms with Crippen LogP contribution in [0.3, 0.4) is 0 Å². The van der Waals surface area contributed by atoms with Crippen LogP contribution in [0.4, 0.5) is 5.69 Å². The first-order chi connectivity index (χ1) is 9.15. The second kappa shape index (κ2) is 6.06. The maximum Gasteiger partial charge on any atom is 0.263 e. The number of carbonyl (C=O) groups excluding carboxylic acids is 1. The lowest BCUT2D eigenvalue weighted by atomic mass is 10.2. The van der Waals surface area contributed by atoms with E-state index in [4.69, 9.17) is 5.73 Å². The van der Waals surface area contributed by atoms with Crippen molar-refractivity contribution in [1.29, 1.82) is 0 Å². The van der Waals surface area contributed by atoms with Crippen molar-refractivity contribution < 1.29 is 4.79 Å². The van der Waals surface area contributed by atoms with Gasteiger partial charge in [-0.25, -0.2) is 0 Å². The molecule has 0 saturated carbocycles. The number of hydrogen-bond donors (Lipinski definition) is 1. The smallest absolute Gasteiger partial charge is 0.263 e. The number of nitrogens with zero attached hydrogens (tertiary/aromatic N) is 1. The average Bonchev–Trinajstić information content (AvgIpc) is 2.80. The third-order valence-electron chi connectivity index (χ3n) is 3.03. The number of fused-ring (bicyclic) bond motifs is 1. The Balaban J connectivity index is 2.29. The van der Waals surface area contributed by atoms with Gasteiger partial charge in [0, 0.05) is 23.5 Å². The zero-order chi connectivity index (χ0) is 13.8. The van der Waals surface area contributed by atoms with Crippen molar-refractivity contribution in [3.63, 3.8) is 0 Å². The van der Waals surface area contributed by atoms with Crippen molar-refractivity contribution in [2.24, 2.45) is 0 Å². The molecule has 102 valence electrons. The fraction of sp³-hybridized carbons (Fsp3) is 0.400. The third-order valence-corrected chi connectivity index (χ3v) is 4.13. The van der Waals surface area contributed by atoms with E-state index in [0.29, 0.717) is 0 Å². The summed E-state index contributed by atoms with van der Waals surface area (Å²) in [5.41, 5.74) is 6.51. The first-order valence-corrected chi connectivity index (χ1v) is 7.55. The molecule has 4 heteroatoms. The predicted octanol–water partition coefficient (Wildman–Crippen LogP) is 3.75. The van der Waals surface area contributed by atoms with Gasteiger partial charge in [0.25, 0.3) is 5.91 Å². The summed E-state index contributed by atoms with van der Waals surface area (Å²) in [6, 6.07) is 7.74. The number of nitrogens with two attached hydrogens (primary N) is 1. The molecular formula is C15H20N2OS. The van der Waals surface area contributed by atoms with Crippen LogP contribution in [0.25, 0.3) is 10.1 Å². The molecular weight excluding hydrogens is 256 g/mol. The van der Waals surface area contributed by atoms with E-state index < -0.39 is 0 Å². The number of anilines is 1. The van der Waals surface area contributed by atoms with Crippen LogP contribution in [-0.4, -0.2) is 23.9 Å². The lowest BCUT2D eigenvalue weighted by molar-refractivity contribution is 0.0760. The fourth-order valence-electron chi connectivity index (χ4n) is 2.18. The summed E-state index contributed by atoms with van der Waals surface area (Å²) in [4.78, 5) is 15.2. The lowest BCUT2D eigenvalue weighted by Gasteiger charge is -2.20. The van der Waals surface area contributed by atoms with Crippen molar-refractivity contribution in [3.05, 3.63) is 29.1 Å². The molecule has 0 radical (unpaired) electrons. The summed E-state index contributed by atoms with van der Waals surface area (Å²) >= 11 is 1.55. The quantitative estimate of drug-likeness (QED) is 0.845. The van der Waals surface area contributed by atoms with Gasteiger partial charge in [-0.05, 0) is 42.5 Å². The van der Waals surface area contributed by atoms with Crippen molar-refractivity contribution in [2.75, 3.05) is 18.8 Å². The van der Waals surface area contributed by atoms with Crippen LogP contribution < -0.4 is 5.73 Å². The molecule has 0 spiro atoms. The van der Waals surface area contributed by atoms with Gasteiger partial charge in [0.1, 0.15) is 0 Å². The minimum atomic E-state index is 0.142. The molecule has 2 N–H and O–H groups in total. The van der Waals surface area contributed by atoms with E-state index in [9.17, 15) is 4.79 Å². The van der Waals surface area contributed by atoms with Crippen LogP contribution in [0.5, 0.6) is 0 Å². The summed E-state index contributed by atoms with van der Waals surface area (Å²) in [6.07, 6.45) is 1.98. The Labute approximate surface area is 118 Å². The SMILES string of the molecule is CCCN(CCC)C(=O)c1cc2cc(N)ccc2s1. The van der Waals surface area contributed by atoms with E-state index in [1.807, 2.05) is 29.2 Å². The zero-order valence-electron chi connectivity index (χ0n) is 11.5. The van der Waals surface area contributed by atoms with Gasteiger partial charge in [0.05, 0.1) is 4.88 Å². The van der Waals surface area contributed by atoms with Crippen molar-refractivity contribution in [3.8, 4) is 0 Å². The molecule has 0 aliphatic carbocycles. The number of benzene rings is 1. The molecule has 0 fully saturated rings. The van der Waals surface area contributed by atoms with Crippen molar-refractivity contribution >= 4 is 33.0 Å². The van der Waals surface area contributed by atoms with Crippen LogP contribution in [0.15, 0.2) is 24.3 Å². The second-order valence-electron chi connectivity index (χ2n) is 4.70. The molecule has 1 aromatic carbocycles. The molecule has 1 amide bonds. The van der Waals surface area contributed by atoms with Crippen LogP contribution in [-0.2, 0) is 0 Å². The molecule has 0 saturated heterocycles. The zero-order valence-corrected chi connectivity index (χ0v) is 12.3. The summed E-state index contributed by atoms with van der Waals surface area (Å²) in [7, 11) is 0. The Morgan fingerprint density at radius 3 is 2.53 bits per heavy atom. The number of rotatable bonds is 5. The number of carbonyl (C=O) groups is 1. The topological polar surface area (TPSA) is 46.3 Å². The van der Waals surface area contributed by atoms with Gasteiger partial charge in [0.15, 0.2) is 0 Å². The van der Waals surface area contributed by atoms with E-state index in [0.717, 1.165) is 46.6 Å². The number of hydrogen-bond acceptors (Lipinski definition) is 3. The Morgan fingerprint density at radius 1 is 1.21 bits per heavy atom. The summed E-state index contributed by atoms with van der Waals surface area (Å²) < 4.78 is 1.12. The predicted molar refractivity (Wildman–Crippen MR) is 82.7 cm³/mol. The fourth-order valence-corrected chi connectivity index (χ4v) is 3.19. The Hall–Kier alpha value is -1.55. The molecule has 0 aliphatic rings. The maximum atomic E-state index is 12.5. The molecule has 1 aromatic heterocycles. The largest absolute Gasteiger partial charge is 0.399 e. The van der Waals surface area contributed by atoms with E-state index >= 15 is 0 Å². The molecule has 0 bridgehead atoms. The van der Waals surface area contributed by atoms with Crippen LogP contribution >= 0.6 is 11.3 Å². The van der Waals surface area contributed by atoms with Crippen LogP contribution in [0, 0.1) is 0 Å². The first kappa shape index (κ1) is 13.9. The van der Waals surface area contributed by atoms with Gasteiger partial charge < -0.3 is 10.6 Å². The molecule has 2 aromatic rings. The normalized spacial score (nSPS) is 10.8. The van der Waals surface area contributed by atoms with Crippen LogP contribution in [0.2, 0.25) is 0 Å². The van der Waals surface area contributed by atoms with Crippen molar-refractivity contribution in [2.45, 2.75) is 26.7 Å². The Bertz CT molecular complexity index is 571. The lowest BCUT2D eigenvalue weighted by Crippen LogP contribution is -2.31. The first-order valence-electron chi connectivity index (χ1n) is 6.74. The van der Waals surface area contributed by atoms with Gasteiger partial charge in [-0.3, -0.25) is 4.79 Å². The minimum absolute atomic E-state index is 0.142. The Morgan fingerprint density at radius 2 is 1.89 bits per heavy atom. The van der Waals surface area contributed by atoms with E-state index in [1.165, 1.54) is 0 Å². The third kappa shape index (κ3) is 3.07. The summed E-state index contributed by atoms with van der Waals surface area (Å²) in [5.74, 6) is 0.142. The van der Waals surface area contributed by atoms with E-state index in [2.05, 4.69) is 13.8 Å². The highest BCUT2D eigenvalue weighted by atomic mass is 32.1.